The van der Waals surface area contributed by atoms with Gasteiger partial charge in [-0.25, -0.2) is 0 Å². The molecule has 1 N–H and O–H groups in total. The van der Waals surface area contributed by atoms with Gasteiger partial charge in [0.1, 0.15) is 11.8 Å². The monoisotopic (exact) mass is 494 g/mol. The van der Waals surface area contributed by atoms with Gasteiger partial charge in [-0.05, 0) is 65.0 Å². The first kappa shape index (κ1) is 24.2. The summed E-state index contributed by atoms with van der Waals surface area (Å²) < 4.78 is 6.55. The maximum Gasteiger partial charge on any atom is 0.261 e. The summed E-state index contributed by atoms with van der Waals surface area (Å²) in [5.74, 6) is 0.0904. The van der Waals surface area contributed by atoms with Crippen molar-refractivity contribution in [3.05, 3.63) is 63.1 Å². The number of amides is 2. The van der Waals surface area contributed by atoms with Crippen molar-refractivity contribution >= 4 is 39.3 Å². The largest absolute Gasteiger partial charge is 0.483 e. The Morgan fingerprint density at radius 1 is 1.20 bits per heavy atom. The third kappa shape index (κ3) is 6.74. The molecule has 2 aromatic carbocycles. The third-order valence-corrected chi connectivity index (χ3v) is 5.76. The normalized spacial score (nSPS) is 11.6. The zero-order chi connectivity index (χ0) is 22.1. The number of nitrogens with zero attached hydrogens (tertiary/aromatic N) is 1. The molecule has 0 spiro atoms. The van der Waals surface area contributed by atoms with Crippen LogP contribution in [-0.4, -0.2) is 35.9 Å². The number of halogens is 2. The molecular formula is C23H28BrClN2O3. The number of aryl methyl sites for hydroxylation is 1. The Hall–Kier alpha value is -2.05. The topological polar surface area (TPSA) is 58.6 Å². The zero-order valence-electron chi connectivity index (χ0n) is 17.6. The number of hydrogen-bond acceptors (Lipinski definition) is 3. The average molecular weight is 496 g/mol. The lowest BCUT2D eigenvalue weighted by Crippen LogP contribution is -2.49. The molecule has 0 aromatic heterocycles. The minimum Gasteiger partial charge on any atom is -0.483 e. The minimum atomic E-state index is -0.658. The molecule has 0 aliphatic rings. The molecule has 0 saturated heterocycles. The fourth-order valence-electron chi connectivity index (χ4n) is 2.89. The van der Waals surface area contributed by atoms with Crippen LogP contribution in [-0.2, 0) is 22.6 Å². The van der Waals surface area contributed by atoms with Crippen molar-refractivity contribution in [1.82, 2.24) is 10.2 Å². The van der Waals surface area contributed by atoms with Crippen LogP contribution in [0.25, 0.3) is 0 Å². The molecule has 0 bridgehead atoms. The van der Waals surface area contributed by atoms with E-state index in [-0.39, 0.29) is 25.0 Å². The molecule has 162 valence electrons. The minimum absolute atomic E-state index is 0.181. The molecule has 7 heteroatoms. The summed E-state index contributed by atoms with van der Waals surface area (Å²) in [6.07, 6.45) is 1.73. The predicted molar refractivity (Wildman–Crippen MR) is 124 cm³/mol. The summed E-state index contributed by atoms with van der Waals surface area (Å²) in [5, 5.41) is 3.40. The van der Waals surface area contributed by atoms with Gasteiger partial charge in [0, 0.05) is 18.1 Å². The van der Waals surface area contributed by atoms with E-state index in [1.165, 1.54) is 10.5 Å². The average Bonchev–Trinajstić information content (AvgIpc) is 2.75. The number of nitrogens with one attached hydrogen (secondary N) is 1. The first-order valence-corrected chi connectivity index (χ1v) is 11.3. The van der Waals surface area contributed by atoms with Gasteiger partial charge in [0.05, 0.1) is 4.47 Å². The molecule has 0 saturated carbocycles. The second-order valence-corrected chi connectivity index (χ2v) is 8.25. The molecule has 0 radical (unpaired) electrons. The summed E-state index contributed by atoms with van der Waals surface area (Å²) in [7, 11) is 0. The molecule has 5 nitrogen and oxygen atoms in total. The Balaban J connectivity index is 2.16. The Kier molecular flexibility index (Phi) is 9.66. The van der Waals surface area contributed by atoms with Crippen molar-refractivity contribution in [2.24, 2.45) is 0 Å². The first-order valence-electron chi connectivity index (χ1n) is 10.1. The third-order valence-electron chi connectivity index (χ3n) is 4.77. The van der Waals surface area contributed by atoms with Gasteiger partial charge in [0.15, 0.2) is 6.61 Å². The maximum absolute atomic E-state index is 13.0. The van der Waals surface area contributed by atoms with Crippen LogP contribution in [0.15, 0.2) is 46.9 Å². The van der Waals surface area contributed by atoms with E-state index >= 15 is 0 Å². The lowest BCUT2D eigenvalue weighted by molar-refractivity contribution is -0.142. The molecule has 2 rings (SSSR count). The number of ether oxygens (including phenoxy) is 1. The highest BCUT2D eigenvalue weighted by Gasteiger charge is 2.27. The lowest BCUT2D eigenvalue weighted by atomic mass is 10.1. The Bertz CT molecular complexity index is 875. The van der Waals surface area contributed by atoms with Gasteiger partial charge in [-0.15, -0.1) is 0 Å². The maximum atomic E-state index is 13.0. The molecule has 2 amide bonds. The van der Waals surface area contributed by atoms with Crippen LogP contribution in [0.4, 0.5) is 0 Å². The fraction of sp³-hybridized carbons (Fsp3) is 0.391. The molecule has 30 heavy (non-hydrogen) atoms. The number of carbonyl (C=O) groups excluding carboxylic acids is 2. The highest BCUT2D eigenvalue weighted by Crippen LogP contribution is 2.26. The van der Waals surface area contributed by atoms with Gasteiger partial charge in [-0.1, -0.05) is 49.7 Å². The van der Waals surface area contributed by atoms with E-state index in [9.17, 15) is 9.59 Å². The zero-order valence-corrected chi connectivity index (χ0v) is 19.9. The van der Waals surface area contributed by atoms with Crippen LogP contribution < -0.4 is 10.1 Å². The summed E-state index contributed by atoms with van der Waals surface area (Å²) in [5.41, 5.74) is 1.94. The molecule has 2 aromatic rings. The SMILES string of the molecule is CCCNC(=O)C(C)N(Cc1ccccc1Cl)C(=O)COc1ccc(CC)cc1Br. The van der Waals surface area contributed by atoms with Gasteiger partial charge in [0.2, 0.25) is 5.91 Å². The van der Waals surface area contributed by atoms with Crippen LogP contribution in [0.2, 0.25) is 5.02 Å². The van der Waals surface area contributed by atoms with Crippen molar-refractivity contribution in [1.29, 1.82) is 0 Å². The molecule has 1 unspecified atom stereocenters. The number of carbonyl (C=O) groups is 2. The molecular weight excluding hydrogens is 468 g/mol. The molecule has 1 atom stereocenters. The van der Waals surface area contributed by atoms with Crippen molar-refractivity contribution in [2.75, 3.05) is 13.2 Å². The molecule has 0 aliphatic carbocycles. The summed E-state index contributed by atoms with van der Waals surface area (Å²) >= 11 is 9.77. The Labute approximate surface area is 191 Å². The lowest BCUT2D eigenvalue weighted by Gasteiger charge is -2.29. The Morgan fingerprint density at radius 3 is 2.57 bits per heavy atom. The second kappa shape index (κ2) is 12.0. The first-order chi connectivity index (χ1) is 14.4. The summed E-state index contributed by atoms with van der Waals surface area (Å²) in [6, 6.07) is 12.4. The fourth-order valence-corrected chi connectivity index (χ4v) is 3.63. The van der Waals surface area contributed by atoms with Crippen molar-refractivity contribution in [3.63, 3.8) is 0 Å². The van der Waals surface area contributed by atoms with E-state index in [0.29, 0.717) is 17.3 Å². The van der Waals surface area contributed by atoms with Gasteiger partial charge >= 0.3 is 0 Å². The molecule has 0 aliphatic heterocycles. The summed E-state index contributed by atoms with van der Waals surface area (Å²) in [6.45, 7) is 6.37. The van der Waals surface area contributed by atoms with Gasteiger partial charge in [-0.2, -0.15) is 0 Å². The van der Waals surface area contributed by atoms with Crippen LogP contribution in [0.5, 0.6) is 5.75 Å². The van der Waals surface area contributed by atoms with Crippen LogP contribution in [0.1, 0.15) is 38.3 Å². The molecule has 0 heterocycles. The standard InChI is InChI=1S/C23H28BrClN2O3/c1-4-12-26-23(29)16(3)27(14-18-8-6-7-9-20(18)25)22(28)15-30-21-11-10-17(5-2)13-19(21)24/h6-11,13,16H,4-5,12,14-15H2,1-3H3,(H,26,29). The van der Waals surface area contributed by atoms with Gasteiger partial charge < -0.3 is 15.0 Å². The van der Waals surface area contributed by atoms with E-state index in [2.05, 4.69) is 28.2 Å². The van der Waals surface area contributed by atoms with Crippen molar-refractivity contribution in [3.8, 4) is 5.75 Å². The summed E-state index contributed by atoms with van der Waals surface area (Å²) in [4.78, 5) is 27.1. The van der Waals surface area contributed by atoms with Crippen molar-refractivity contribution < 1.29 is 14.3 Å². The van der Waals surface area contributed by atoms with Crippen LogP contribution in [0.3, 0.4) is 0 Å². The van der Waals surface area contributed by atoms with Gasteiger partial charge in [0.25, 0.3) is 5.91 Å². The number of hydrogen-bond donors (Lipinski definition) is 1. The number of rotatable bonds is 10. The van der Waals surface area contributed by atoms with Crippen LogP contribution >= 0.6 is 27.5 Å². The van der Waals surface area contributed by atoms with E-state index in [4.69, 9.17) is 16.3 Å². The van der Waals surface area contributed by atoms with Gasteiger partial charge in [-0.3, -0.25) is 9.59 Å². The van der Waals surface area contributed by atoms with E-state index < -0.39 is 6.04 Å². The number of benzene rings is 2. The highest BCUT2D eigenvalue weighted by molar-refractivity contribution is 9.10. The highest BCUT2D eigenvalue weighted by atomic mass is 79.9. The van der Waals surface area contributed by atoms with Crippen molar-refractivity contribution in [2.45, 2.75) is 46.2 Å². The van der Waals surface area contributed by atoms with Crippen LogP contribution in [0, 0.1) is 0 Å². The molecule has 0 fully saturated rings. The predicted octanol–water partition coefficient (Wildman–Crippen LogP) is 4.99. The van der Waals surface area contributed by atoms with E-state index in [1.54, 1.807) is 13.0 Å². The van der Waals surface area contributed by atoms with E-state index in [0.717, 1.165) is 22.9 Å². The Morgan fingerprint density at radius 2 is 1.93 bits per heavy atom. The smallest absolute Gasteiger partial charge is 0.261 e. The second-order valence-electron chi connectivity index (χ2n) is 6.99. The van der Waals surface area contributed by atoms with E-state index in [1.807, 2.05) is 43.3 Å². The quantitative estimate of drug-likeness (QED) is 0.505.